The van der Waals surface area contributed by atoms with Crippen molar-refractivity contribution >= 4 is 28.3 Å². The summed E-state index contributed by atoms with van der Waals surface area (Å²) in [6, 6.07) is 10.7. The Morgan fingerprint density at radius 2 is 2.19 bits per heavy atom. The van der Waals surface area contributed by atoms with Gasteiger partial charge in [0.05, 0.1) is 11.7 Å². The van der Waals surface area contributed by atoms with Gasteiger partial charge in [-0.1, -0.05) is 12.1 Å². The summed E-state index contributed by atoms with van der Waals surface area (Å²) in [5, 5.41) is 19.6. The quantitative estimate of drug-likeness (QED) is 0.451. The molecule has 1 aromatic carbocycles. The fraction of sp³-hybridized carbons (Fsp3) is 0.278. The standard InChI is InChI=1S/C18H20N8/c19-18-23-17-14(11-3-4-12-9-21-24-15(12)8-11)5-6-16(26(17)25-18)22-13-2-1-7-20-10-13/h3-6,8-9,13,20,22H,1-2,7,10H2,(H2,19,25)(H,21,24). The van der Waals surface area contributed by atoms with Gasteiger partial charge in [0.15, 0.2) is 5.65 Å². The minimum atomic E-state index is 0.268. The number of piperidine rings is 1. The van der Waals surface area contributed by atoms with Crippen LogP contribution in [-0.2, 0) is 0 Å². The lowest BCUT2D eigenvalue weighted by Crippen LogP contribution is -2.38. The van der Waals surface area contributed by atoms with E-state index in [1.807, 2.05) is 18.3 Å². The number of hydrogen-bond acceptors (Lipinski definition) is 6. The van der Waals surface area contributed by atoms with Crippen LogP contribution in [0.5, 0.6) is 0 Å². The average Bonchev–Trinajstić information content (AvgIpc) is 3.28. The first kappa shape index (κ1) is 15.2. The first-order chi connectivity index (χ1) is 12.8. The molecule has 8 heteroatoms. The highest BCUT2D eigenvalue weighted by atomic mass is 15.4. The molecule has 4 aromatic rings. The van der Waals surface area contributed by atoms with Gasteiger partial charge in [-0.2, -0.15) is 14.6 Å². The van der Waals surface area contributed by atoms with Crippen molar-refractivity contribution in [2.75, 3.05) is 24.1 Å². The van der Waals surface area contributed by atoms with Gasteiger partial charge in [-0.15, -0.1) is 5.10 Å². The van der Waals surface area contributed by atoms with E-state index in [0.717, 1.165) is 53.0 Å². The number of aromatic amines is 1. The maximum Gasteiger partial charge on any atom is 0.240 e. The van der Waals surface area contributed by atoms with Gasteiger partial charge < -0.3 is 16.4 Å². The largest absolute Gasteiger partial charge is 0.366 e. The highest BCUT2D eigenvalue weighted by molar-refractivity contribution is 5.88. The number of nitrogen functional groups attached to an aromatic ring is 1. The highest BCUT2D eigenvalue weighted by Crippen LogP contribution is 2.29. The molecule has 1 saturated heterocycles. The molecule has 0 saturated carbocycles. The maximum atomic E-state index is 5.91. The zero-order valence-electron chi connectivity index (χ0n) is 14.2. The monoisotopic (exact) mass is 348 g/mol. The summed E-state index contributed by atoms with van der Waals surface area (Å²) in [5.41, 5.74) is 9.68. The second-order valence-corrected chi connectivity index (χ2v) is 6.70. The molecular formula is C18H20N8. The Morgan fingerprint density at radius 3 is 3.08 bits per heavy atom. The van der Waals surface area contributed by atoms with Gasteiger partial charge in [0.2, 0.25) is 5.95 Å². The van der Waals surface area contributed by atoms with Crippen molar-refractivity contribution in [3.8, 4) is 11.1 Å². The number of nitrogens with zero attached hydrogens (tertiary/aromatic N) is 4. The zero-order chi connectivity index (χ0) is 17.5. The Balaban J connectivity index is 1.59. The molecule has 8 nitrogen and oxygen atoms in total. The van der Waals surface area contributed by atoms with Crippen LogP contribution in [0.2, 0.25) is 0 Å². The molecule has 1 unspecified atom stereocenters. The molecule has 3 aromatic heterocycles. The highest BCUT2D eigenvalue weighted by Gasteiger charge is 2.17. The minimum Gasteiger partial charge on any atom is -0.366 e. The summed E-state index contributed by atoms with van der Waals surface area (Å²) in [4.78, 5) is 4.46. The van der Waals surface area contributed by atoms with Crippen LogP contribution in [0.1, 0.15) is 12.8 Å². The number of fused-ring (bicyclic) bond motifs is 2. The zero-order valence-corrected chi connectivity index (χ0v) is 14.2. The normalized spacial score (nSPS) is 17.8. The van der Waals surface area contributed by atoms with E-state index in [1.54, 1.807) is 4.52 Å². The van der Waals surface area contributed by atoms with Crippen LogP contribution in [0.4, 0.5) is 11.8 Å². The Bertz CT molecular complexity index is 1070. The van der Waals surface area contributed by atoms with Crippen molar-refractivity contribution in [2.45, 2.75) is 18.9 Å². The third kappa shape index (κ3) is 2.55. The molecule has 5 N–H and O–H groups in total. The molecule has 4 heterocycles. The molecular weight excluding hydrogens is 328 g/mol. The maximum absolute atomic E-state index is 5.91. The van der Waals surface area contributed by atoms with E-state index in [1.165, 1.54) is 6.42 Å². The van der Waals surface area contributed by atoms with Crippen molar-refractivity contribution < 1.29 is 0 Å². The van der Waals surface area contributed by atoms with Crippen LogP contribution in [0.3, 0.4) is 0 Å². The molecule has 132 valence electrons. The number of pyridine rings is 1. The van der Waals surface area contributed by atoms with Crippen LogP contribution >= 0.6 is 0 Å². The van der Waals surface area contributed by atoms with Gasteiger partial charge in [-0.05, 0) is 43.1 Å². The van der Waals surface area contributed by atoms with E-state index in [4.69, 9.17) is 5.73 Å². The van der Waals surface area contributed by atoms with Crippen molar-refractivity contribution in [1.29, 1.82) is 0 Å². The lowest BCUT2D eigenvalue weighted by Gasteiger charge is -2.25. The molecule has 0 aliphatic carbocycles. The summed E-state index contributed by atoms with van der Waals surface area (Å²) in [6.07, 6.45) is 4.12. The molecule has 0 bridgehead atoms. The van der Waals surface area contributed by atoms with Crippen molar-refractivity contribution in [3.63, 3.8) is 0 Å². The SMILES string of the molecule is Nc1nc2c(-c3ccc4cn[nH]c4c3)ccc(NC3CCCNC3)n2n1. The van der Waals surface area contributed by atoms with Crippen molar-refractivity contribution in [2.24, 2.45) is 0 Å². The Morgan fingerprint density at radius 1 is 1.23 bits per heavy atom. The van der Waals surface area contributed by atoms with E-state index in [-0.39, 0.29) is 5.95 Å². The summed E-state index contributed by atoms with van der Waals surface area (Å²) in [7, 11) is 0. The molecule has 1 atom stereocenters. The fourth-order valence-corrected chi connectivity index (χ4v) is 3.60. The van der Waals surface area contributed by atoms with E-state index in [2.05, 4.69) is 49.1 Å². The van der Waals surface area contributed by atoms with Crippen molar-refractivity contribution in [1.82, 2.24) is 30.1 Å². The second-order valence-electron chi connectivity index (χ2n) is 6.70. The van der Waals surface area contributed by atoms with Gasteiger partial charge in [0.25, 0.3) is 0 Å². The molecule has 0 amide bonds. The lowest BCUT2D eigenvalue weighted by molar-refractivity contribution is 0.478. The Hall–Kier alpha value is -3.13. The predicted octanol–water partition coefficient (Wildman–Crippen LogP) is 2.02. The van der Waals surface area contributed by atoms with E-state index < -0.39 is 0 Å². The van der Waals surface area contributed by atoms with Crippen LogP contribution < -0.4 is 16.4 Å². The number of anilines is 2. The number of hydrogen-bond donors (Lipinski definition) is 4. The number of benzene rings is 1. The number of rotatable bonds is 3. The Kier molecular flexibility index (Phi) is 3.49. The van der Waals surface area contributed by atoms with Crippen LogP contribution in [0.25, 0.3) is 27.7 Å². The summed E-state index contributed by atoms with van der Waals surface area (Å²) < 4.78 is 1.80. The topological polar surface area (TPSA) is 109 Å². The first-order valence-electron chi connectivity index (χ1n) is 8.84. The number of nitrogens with two attached hydrogens (primary N) is 1. The van der Waals surface area contributed by atoms with E-state index in [9.17, 15) is 0 Å². The lowest BCUT2D eigenvalue weighted by atomic mass is 10.1. The molecule has 0 spiro atoms. The second kappa shape index (κ2) is 5.99. The predicted molar refractivity (Wildman–Crippen MR) is 102 cm³/mol. The number of aromatic nitrogens is 5. The van der Waals surface area contributed by atoms with Crippen LogP contribution in [-0.4, -0.2) is 43.9 Å². The number of H-pyrrole nitrogens is 1. The van der Waals surface area contributed by atoms with Crippen LogP contribution in [0, 0.1) is 0 Å². The minimum absolute atomic E-state index is 0.268. The third-order valence-electron chi connectivity index (χ3n) is 4.90. The number of nitrogens with one attached hydrogen (secondary N) is 3. The summed E-state index contributed by atoms with van der Waals surface area (Å²) in [6.45, 7) is 2.03. The third-order valence-corrected chi connectivity index (χ3v) is 4.90. The van der Waals surface area contributed by atoms with E-state index in [0.29, 0.717) is 6.04 Å². The average molecular weight is 348 g/mol. The molecule has 0 radical (unpaired) electrons. The van der Waals surface area contributed by atoms with Gasteiger partial charge in [0, 0.05) is 23.5 Å². The van der Waals surface area contributed by atoms with E-state index >= 15 is 0 Å². The van der Waals surface area contributed by atoms with Gasteiger partial charge in [0.1, 0.15) is 5.82 Å². The summed E-state index contributed by atoms with van der Waals surface area (Å²) in [5.74, 6) is 1.18. The Labute approximate surface area is 149 Å². The summed E-state index contributed by atoms with van der Waals surface area (Å²) >= 11 is 0. The molecule has 1 aliphatic rings. The molecule has 1 fully saturated rings. The molecule has 1 aliphatic heterocycles. The van der Waals surface area contributed by atoms with Gasteiger partial charge in [-0.3, -0.25) is 5.10 Å². The van der Waals surface area contributed by atoms with Gasteiger partial charge >= 0.3 is 0 Å². The van der Waals surface area contributed by atoms with Crippen LogP contribution in [0.15, 0.2) is 36.5 Å². The van der Waals surface area contributed by atoms with Gasteiger partial charge in [-0.25, -0.2) is 0 Å². The van der Waals surface area contributed by atoms with Crippen molar-refractivity contribution in [3.05, 3.63) is 36.5 Å². The smallest absolute Gasteiger partial charge is 0.240 e. The fourth-order valence-electron chi connectivity index (χ4n) is 3.60. The first-order valence-corrected chi connectivity index (χ1v) is 8.84. The molecule has 5 rings (SSSR count). The molecule has 26 heavy (non-hydrogen) atoms.